The molecule has 134 valence electrons. The SMILES string of the molecule is CNS(=O)(=O)c1ccc(Oc2ccc([N+](=O)[O-])cc2C(F)(F)F)cc1. The van der Waals surface area contributed by atoms with Crippen LogP contribution in [0.25, 0.3) is 0 Å². The van der Waals surface area contributed by atoms with E-state index < -0.39 is 38.1 Å². The van der Waals surface area contributed by atoms with Crippen LogP contribution in [0.2, 0.25) is 0 Å². The molecule has 7 nitrogen and oxygen atoms in total. The minimum absolute atomic E-state index is 0.0607. The van der Waals surface area contributed by atoms with Gasteiger partial charge in [0, 0.05) is 12.1 Å². The molecule has 25 heavy (non-hydrogen) atoms. The van der Waals surface area contributed by atoms with E-state index in [4.69, 9.17) is 4.74 Å². The number of ether oxygens (including phenoxy) is 1. The second kappa shape index (κ2) is 6.69. The van der Waals surface area contributed by atoms with Crippen molar-refractivity contribution in [3.63, 3.8) is 0 Å². The van der Waals surface area contributed by atoms with E-state index in [0.717, 1.165) is 24.3 Å². The zero-order valence-corrected chi connectivity index (χ0v) is 13.4. The lowest BCUT2D eigenvalue weighted by atomic mass is 10.1. The van der Waals surface area contributed by atoms with Crippen molar-refractivity contribution < 1.29 is 31.2 Å². The summed E-state index contributed by atoms with van der Waals surface area (Å²) < 4.78 is 69.6. The molecule has 2 aromatic rings. The van der Waals surface area contributed by atoms with Gasteiger partial charge in [-0.15, -0.1) is 0 Å². The van der Waals surface area contributed by atoms with E-state index >= 15 is 0 Å². The molecule has 0 saturated carbocycles. The normalized spacial score (nSPS) is 12.0. The van der Waals surface area contributed by atoms with E-state index in [1.54, 1.807) is 0 Å². The monoisotopic (exact) mass is 376 g/mol. The lowest BCUT2D eigenvalue weighted by Crippen LogP contribution is -2.18. The number of nitro benzene ring substituents is 1. The van der Waals surface area contributed by atoms with Crippen molar-refractivity contribution in [3.8, 4) is 11.5 Å². The molecule has 0 aliphatic rings. The maximum atomic E-state index is 13.1. The van der Waals surface area contributed by atoms with Gasteiger partial charge in [-0.25, -0.2) is 13.1 Å². The van der Waals surface area contributed by atoms with Crippen LogP contribution in [0.1, 0.15) is 5.56 Å². The number of rotatable bonds is 5. The summed E-state index contributed by atoms with van der Waals surface area (Å²) in [6.45, 7) is 0. The number of nitrogens with one attached hydrogen (secondary N) is 1. The molecule has 0 unspecified atom stereocenters. The van der Waals surface area contributed by atoms with Crippen LogP contribution < -0.4 is 9.46 Å². The number of hydrogen-bond acceptors (Lipinski definition) is 5. The third-order valence-corrected chi connectivity index (χ3v) is 4.54. The highest BCUT2D eigenvalue weighted by Crippen LogP contribution is 2.40. The van der Waals surface area contributed by atoms with E-state index in [2.05, 4.69) is 4.72 Å². The van der Waals surface area contributed by atoms with Gasteiger partial charge in [-0.3, -0.25) is 10.1 Å². The zero-order valence-electron chi connectivity index (χ0n) is 12.6. The van der Waals surface area contributed by atoms with E-state index in [1.165, 1.54) is 19.2 Å². The van der Waals surface area contributed by atoms with Crippen molar-refractivity contribution in [2.24, 2.45) is 0 Å². The Labute approximate surface area is 140 Å². The molecule has 0 aromatic heterocycles. The molecular weight excluding hydrogens is 365 g/mol. The fraction of sp³-hybridized carbons (Fsp3) is 0.143. The number of sulfonamides is 1. The largest absolute Gasteiger partial charge is 0.457 e. The van der Waals surface area contributed by atoms with Crippen LogP contribution in [-0.4, -0.2) is 20.4 Å². The molecular formula is C14H11F3N2O5S. The smallest absolute Gasteiger partial charge is 0.420 e. The van der Waals surface area contributed by atoms with Gasteiger partial charge in [-0.2, -0.15) is 13.2 Å². The summed E-state index contributed by atoms with van der Waals surface area (Å²) in [5, 5.41) is 10.6. The van der Waals surface area contributed by atoms with Crippen LogP contribution in [0.5, 0.6) is 11.5 Å². The molecule has 0 amide bonds. The predicted octanol–water partition coefficient (Wildman–Crippen LogP) is 3.31. The Morgan fingerprint density at radius 2 is 1.72 bits per heavy atom. The second-order valence-electron chi connectivity index (χ2n) is 4.72. The molecule has 0 fully saturated rings. The third kappa shape index (κ3) is 4.25. The molecule has 0 heterocycles. The van der Waals surface area contributed by atoms with Gasteiger partial charge in [-0.05, 0) is 37.4 Å². The van der Waals surface area contributed by atoms with Crippen molar-refractivity contribution in [1.29, 1.82) is 0 Å². The van der Waals surface area contributed by atoms with Crippen LogP contribution >= 0.6 is 0 Å². The Morgan fingerprint density at radius 1 is 1.12 bits per heavy atom. The number of nitrogens with zero attached hydrogens (tertiary/aromatic N) is 1. The summed E-state index contributed by atoms with van der Waals surface area (Å²) in [4.78, 5) is 9.60. The van der Waals surface area contributed by atoms with Crippen molar-refractivity contribution in [2.75, 3.05) is 7.05 Å². The fourth-order valence-corrected chi connectivity index (χ4v) is 2.60. The molecule has 1 N–H and O–H groups in total. The van der Waals surface area contributed by atoms with Gasteiger partial charge in [0.25, 0.3) is 5.69 Å². The summed E-state index contributed by atoms with van der Waals surface area (Å²) in [7, 11) is -2.48. The summed E-state index contributed by atoms with van der Waals surface area (Å²) in [6, 6.07) is 6.73. The van der Waals surface area contributed by atoms with E-state index in [9.17, 15) is 31.7 Å². The van der Waals surface area contributed by atoms with E-state index in [1.807, 2.05) is 0 Å². The first-order chi connectivity index (χ1) is 11.5. The van der Waals surface area contributed by atoms with Crippen LogP contribution in [0.3, 0.4) is 0 Å². The number of hydrogen-bond donors (Lipinski definition) is 1. The lowest BCUT2D eigenvalue weighted by molar-refractivity contribution is -0.385. The minimum atomic E-state index is -4.86. The lowest BCUT2D eigenvalue weighted by Gasteiger charge is -2.13. The van der Waals surface area contributed by atoms with Crippen molar-refractivity contribution >= 4 is 15.7 Å². The average Bonchev–Trinajstić information content (AvgIpc) is 2.54. The Morgan fingerprint density at radius 3 is 2.20 bits per heavy atom. The van der Waals surface area contributed by atoms with E-state index in [0.29, 0.717) is 6.07 Å². The van der Waals surface area contributed by atoms with Gasteiger partial charge in [0.2, 0.25) is 10.0 Å². The minimum Gasteiger partial charge on any atom is -0.457 e. The first-order valence-corrected chi connectivity index (χ1v) is 8.10. The molecule has 0 aliphatic heterocycles. The number of halogens is 3. The quantitative estimate of drug-likeness (QED) is 0.638. The molecule has 0 spiro atoms. The molecule has 11 heteroatoms. The van der Waals surface area contributed by atoms with Crippen molar-refractivity contribution in [1.82, 2.24) is 4.72 Å². The summed E-state index contributed by atoms with van der Waals surface area (Å²) >= 11 is 0. The molecule has 0 radical (unpaired) electrons. The van der Waals surface area contributed by atoms with Gasteiger partial charge in [0.1, 0.15) is 17.1 Å². The van der Waals surface area contributed by atoms with Gasteiger partial charge in [-0.1, -0.05) is 0 Å². The highest BCUT2D eigenvalue weighted by atomic mass is 32.2. The summed E-state index contributed by atoms with van der Waals surface area (Å²) in [5.74, 6) is -0.697. The predicted molar refractivity (Wildman–Crippen MR) is 80.9 cm³/mol. The maximum Gasteiger partial charge on any atom is 0.420 e. The van der Waals surface area contributed by atoms with Crippen LogP contribution in [0.4, 0.5) is 18.9 Å². The van der Waals surface area contributed by atoms with Crippen molar-refractivity contribution in [2.45, 2.75) is 11.1 Å². The fourth-order valence-electron chi connectivity index (χ4n) is 1.87. The highest BCUT2D eigenvalue weighted by Gasteiger charge is 2.36. The molecule has 2 rings (SSSR count). The van der Waals surface area contributed by atoms with Gasteiger partial charge < -0.3 is 4.74 Å². The first kappa shape index (κ1) is 18.7. The Bertz CT molecular complexity index is 896. The second-order valence-corrected chi connectivity index (χ2v) is 6.60. The van der Waals surface area contributed by atoms with Crippen LogP contribution in [-0.2, 0) is 16.2 Å². The highest BCUT2D eigenvalue weighted by molar-refractivity contribution is 7.89. The van der Waals surface area contributed by atoms with Crippen LogP contribution in [0.15, 0.2) is 47.4 Å². The number of non-ortho nitro benzene ring substituents is 1. The molecule has 0 bridgehead atoms. The number of nitro groups is 1. The maximum absolute atomic E-state index is 13.1. The van der Waals surface area contributed by atoms with Crippen molar-refractivity contribution in [3.05, 3.63) is 58.1 Å². The van der Waals surface area contributed by atoms with Gasteiger partial charge >= 0.3 is 6.18 Å². The molecule has 2 aromatic carbocycles. The first-order valence-electron chi connectivity index (χ1n) is 6.61. The third-order valence-electron chi connectivity index (χ3n) is 3.11. The summed E-state index contributed by atoms with van der Waals surface area (Å²) in [5.41, 5.74) is -2.04. The van der Waals surface area contributed by atoms with Crippen LogP contribution in [0, 0.1) is 10.1 Å². The Kier molecular flexibility index (Phi) is 4.99. The van der Waals surface area contributed by atoms with E-state index in [-0.39, 0.29) is 10.6 Å². The van der Waals surface area contributed by atoms with Gasteiger partial charge in [0.05, 0.1) is 9.82 Å². The summed E-state index contributed by atoms with van der Waals surface area (Å²) in [6.07, 6.45) is -4.86. The molecule has 0 aliphatic carbocycles. The number of benzene rings is 2. The standard InChI is InChI=1S/C14H11F3N2O5S/c1-18-25(22,23)11-5-3-10(4-6-11)24-13-7-2-9(19(20)21)8-12(13)14(15,16)17/h2-8,18H,1H3. The molecule has 0 atom stereocenters. The molecule has 0 saturated heterocycles. The average molecular weight is 376 g/mol. The zero-order chi connectivity index (χ0) is 18.8. The van der Waals surface area contributed by atoms with Gasteiger partial charge in [0.15, 0.2) is 0 Å². The number of alkyl halides is 3. The Balaban J connectivity index is 2.39. The topological polar surface area (TPSA) is 98.5 Å². The Hall–Kier alpha value is -2.66.